The van der Waals surface area contributed by atoms with Crippen molar-refractivity contribution in [3.05, 3.63) is 108 Å². The molecule has 46 heteroatoms. The Bertz CT molecular complexity index is 4300. The number of methoxy groups -OCH3 is 7. The first-order chi connectivity index (χ1) is 67.8. The van der Waals surface area contributed by atoms with E-state index >= 15 is 0 Å². The summed E-state index contributed by atoms with van der Waals surface area (Å²) in [6, 6.07) is 25.4. The molecule has 0 saturated carbocycles. The van der Waals surface area contributed by atoms with Gasteiger partial charge in [-0.05, 0) is 121 Å². The van der Waals surface area contributed by atoms with E-state index in [4.69, 9.17) is 57.6 Å². The number of amides is 6. The summed E-state index contributed by atoms with van der Waals surface area (Å²) in [7, 11) is 21.2. The maximum Gasteiger partial charge on any atom is 0.410 e. The van der Waals surface area contributed by atoms with Gasteiger partial charge in [-0.25, -0.2) is 43.2 Å². The summed E-state index contributed by atoms with van der Waals surface area (Å²) >= 11 is 0. The van der Waals surface area contributed by atoms with Crippen molar-refractivity contribution in [2.45, 2.75) is 153 Å². The Kier molecular flexibility index (Phi) is 56.8. The van der Waals surface area contributed by atoms with Crippen molar-refractivity contribution in [2.24, 2.45) is 0 Å². The van der Waals surface area contributed by atoms with E-state index in [-0.39, 0.29) is 101 Å². The second-order valence-corrected chi connectivity index (χ2v) is 37.7. The highest BCUT2D eigenvalue weighted by Gasteiger charge is 2.43. The first-order valence-corrected chi connectivity index (χ1v) is 47.9. The molecule has 3 aromatic carbocycles. The number of piperazine rings is 9. The lowest BCUT2D eigenvalue weighted by Gasteiger charge is -2.39. The summed E-state index contributed by atoms with van der Waals surface area (Å²) < 4.78 is 64.6. The highest BCUT2D eigenvalue weighted by Crippen LogP contribution is 2.22. The number of carbonyl (C=O) groups excluding carboxylic acids is 13. The number of hydrogen-bond donors (Lipinski definition) is 8. The van der Waals surface area contributed by atoms with Gasteiger partial charge in [-0.2, -0.15) is 0 Å². The zero-order chi connectivity index (χ0) is 107. The summed E-state index contributed by atoms with van der Waals surface area (Å²) in [6.07, 6.45) is -2.92. The van der Waals surface area contributed by atoms with E-state index in [1.165, 1.54) is 74.3 Å². The molecule has 0 radical (unpaired) electrons. The van der Waals surface area contributed by atoms with Crippen LogP contribution in [0.5, 0.6) is 0 Å². The minimum atomic E-state index is -0.945. The zero-order valence-electron chi connectivity index (χ0n) is 87.9. The van der Waals surface area contributed by atoms with Crippen LogP contribution < -0.4 is 31.9 Å². The van der Waals surface area contributed by atoms with Gasteiger partial charge in [-0.1, -0.05) is 91.0 Å². The summed E-state index contributed by atoms with van der Waals surface area (Å²) in [6.45, 7) is 34.7. The Hall–Kier alpha value is -11.0. The first-order valence-electron chi connectivity index (χ1n) is 47.9. The van der Waals surface area contributed by atoms with Gasteiger partial charge in [0, 0.05) is 169 Å². The smallest absolute Gasteiger partial charge is 0.410 e. The summed E-state index contributed by atoms with van der Waals surface area (Å²) in [5.74, 6) is -2.48. The van der Waals surface area contributed by atoms with Gasteiger partial charge in [0.05, 0.1) is 82.6 Å². The monoisotopic (exact) mass is 2030 g/mol. The Labute approximate surface area is 842 Å². The fourth-order valence-corrected chi connectivity index (χ4v) is 14.9. The summed E-state index contributed by atoms with van der Waals surface area (Å²) in [5, 5.41) is 36.2. The van der Waals surface area contributed by atoms with Crippen molar-refractivity contribution < 1.29 is 134 Å². The zero-order valence-corrected chi connectivity index (χ0v) is 87.9. The number of nitrogens with zero attached hydrogens (tertiary/aromatic N) is 12. The number of esters is 7. The average molecular weight is 2030 g/mol. The lowest BCUT2D eigenvalue weighted by atomic mass is 10.1. The molecule has 9 saturated heterocycles. The Morgan fingerprint density at radius 2 is 0.629 bits per heavy atom. The molecule has 9 heterocycles. The molecular weight excluding hydrogens is 1870 g/mol. The van der Waals surface area contributed by atoms with Crippen LogP contribution in [0.4, 0.5) is 28.8 Å². The molecule has 143 heavy (non-hydrogen) atoms. The van der Waals surface area contributed by atoms with Gasteiger partial charge in [0.25, 0.3) is 0 Å². The Morgan fingerprint density at radius 3 is 1.02 bits per heavy atom. The van der Waals surface area contributed by atoms with Gasteiger partial charge in [-0.3, -0.25) is 48.6 Å². The third kappa shape index (κ3) is 47.2. The Morgan fingerprint density at radius 1 is 0.301 bits per heavy atom. The number of benzene rings is 3. The number of aliphatic hydroxyl groups excluding tert-OH is 2. The third-order valence-electron chi connectivity index (χ3n) is 23.1. The van der Waals surface area contributed by atoms with E-state index in [0.29, 0.717) is 90.6 Å². The van der Waals surface area contributed by atoms with E-state index in [1.807, 2.05) is 182 Å². The number of carbonyl (C=O) groups is 13. The minimum Gasteiger partial charge on any atom is -0.468 e. The molecule has 0 spiro atoms. The van der Waals surface area contributed by atoms with Crippen LogP contribution in [-0.2, 0) is 115 Å². The number of likely N-dealkylation sites (N-methyl/N-ethyl adjacent to an activating group) is 6. The highest BCUT2D eigenvalue weighted by atomic mass is 16.6. The molecule has 9 aliphatic heterocycles. The fraction of sp³-hybridized carbons (Fsp3) is 0.680. The molecule has 0 bridgehead atoms. The molecule has 9 unspecified atom stereocenters. The molecule has 9 aliphatic rings. The number of aliphatic hydroxyl groups is 2. The van der Waals surface area contributed by atoms with Gasteiger partial charge in [-0.15, -0.1) is 0 Å². The maximum atomic E-state index is 12.5. The normalized spacial score (nSPS) is 21.8. The average Bonchev–Trinajstić information content (AvgIpc) is 0.821. The second-order valence-electron chi connectivity index (χ2n) is 37.7. The number of rotatable bonds is 15. The lowest BCUT2D eigenvalue weighted by molar-refractivity contribution is -0.149. The molecule has 0 aromatic heterocycles. The minimum absolute atomic E-state index is 0.0119. The van der Waals surface area contributed by atoms with Crippen LogP contribution >= 0.6 is 0 Å². The molecule has 46 nitrogen and oxygen atoms in total. The number of hydrogen-bond acceptors (Lipinski definition) is 40. The van der Waals surface area contributed by atoms with Gasteiger partial charge in [0.1, 0.15) is 72.9 Å². The molecule has 808 valence electrons. The van der Waals surface area contributed by atoms with Crippen LogP contribution in [0.15, 0.2) is 91.0 Å². The van der Waals surface area contributed by atoms with Gasteiger partial charge < -0.3 is 133 Å². The lowest BCUT2D eigenvalue weighted by Crippen LogP contribution is -2.60. The molecule has 3 aromatic rings. The van der Waals surface area contributed by atoms with Gasteiger partial charge in [0.2, 0.25) is 0 Å². The van der Waals surface area contributed by atoms with Crippen molar-refractivity contribution in [1.29, 1.82) is 0 Å². The molecular formula is C97H162N18O28. The first kappa shape index (κ1) is 124. The van der Waals surface area contributed by atoms with E-state index in [2.05, 4.69) is 67.9 Å². The van der Waals surface area contributed by atoms with Crippen LogP contribution in [0.1, 0.15) is 79.0 Å². The maximum absolute atomic E-state index is 12.5. The number of ether oxygens (including phenoxy) is 13. The van der Waals surface area contributed by atoms with Gasteiger partial charge >= 0.3 is 78.3 Å². The molecule has 9 fully saturated rings. The van der Waals surface area contributed by atoms with E-state index in [1.54, 1.807) is 25.7 Å². The largest absolute Gasteiger partial charge is 0.468 e. The van der Waals surface area contributed by atoms with Crippen LogP contribution in [0.2, 0.25) is 0 Å². The number of nitrogens with one attached hydrogen (secondary N) is 6. The van der Waals surface area contributed by atoms with Crippen molar-refractivity contribution in [2.75, 3.05) is 282 Å². The predicted molar refractivity (Wildman–Crippen MR) is 529 cm³/mol. The summed E-state index contributed by atoms with van der Waals surface area (Å²) in [4.78, 5) is 174. The third-order valence-corrected chi connectivity index (χ3v) is 23.1. The molecule has 8 N–H and O–H groups in total. The SMILES string of the molecule is CN1CCNC(CO)C1.CN1CCNCC1CO.COC(=O)C1CN(C(=O)OC(C)(C)C)CCN1.COC(=O)C1CN(C(=O)OC(C)(C)C)CCN1C.COC(=O)C1CN(C(=O)OC(C)(C)C)CCN1C(=O)OCc1ccccc1.COC(=O)C1CN(C)CCN1.COC(=O)C1CN(C)CCN1C(=O)OCc1ccccc1.COC(=O)C1CNCCN1C.COC(=O)C1CNCCN1C(=O)OCc1ccccc1. The van der Waals surface area contributed by atoms with E-state index < -0.39 is 95.4 Å². The van der Waals surface area contributed by atoms with Crippen LogP contribution in [0, 0.1) is 0 Å². The van der Waals surface area contributed by atoms with Gasteiger partial charge in [0.15, 0.2) is 6.04 Å². The summed E-state index contributed by atoms with van der Waals surface area (Å²) in [5.41, 5.74) is 0.959. The standard InChI is InChI=1S/C19H26N2O6.C15H20N2O4.C14H18N2O4.C12H22N2O4.C11H20N2O4.2C7H14N2O2.2C6H14N2O/c1-19(2,3)27-17(23)20-10-11-21(15(12-20)16(22)25-4)18(24)26-13-14-8-6-5-7-9-14;1-16-8-9-17(13(10-16)14(18)20-2)15(19)21-11-12-6-4-3-5-7-12;1-19-13(17)12-9-15-7-8-16(12)14(18)20-10-11-5-3-2-4-6-11;1-12(2,3)18-11(16)14-7-6-13(4)9(8-14)10(15)17-5;1-11(2,3)17-10(15)13-6-5-12-8(7-13)9(14)16-4;1-9-4-3-8-6(5-9)7(10)11-2;1-9-4-3-8-5-6(9)7(10)11-2;1-8-3-2-7-6(4-8)5-9;1-8-3-2-7-4-6(8)5-9/h5-9,15H,10-13H2,1-4H3;3-7,13H,8-11H2,1-2H3;2-6,12,15H,7-10H2,1H3;9H,6-8H2,1-5H3;8,12H,5-7H2,1-4H3;2*6,8H,3-5H2,1-2H3;2*6-7,9H,2-5H2,1H3. The van der Waals surface area contributed by atoms with Crippen molar-refractivity contribution in [1.82, 2.24) is 90.7 Å². The van der Waals surface area contributed by atoms with Crippen molar-refractivity contribution >= 4 is 78.3 Å². The molecule has 6 amide bonds. The van der Waals surface area contributed by atoms with Crippen molar-refractivity contribution in [3.63, 3.8) is 0 Å². The fourth-order valence-electron chi connectivity index (χ4n) is 14.9. The predicted octanol–water partition coefficient (Wildman–Crippen LogP) is 1.27. The molecule has 9 atom stereocenters. The van der Waals surface area contributed by atoms with E-state index in [0.717, 1.165) is 88.7 Å². The Balaban J connectivity index is 0.000000342. The second kappa shape index (κ2) is 65.4. The van der Waals surface area contributed by atoms with Crippen LogP contribution in [0.25, 0.3) is 0 Å². The van der Waals surface area contributed by atoms with Crippen molar-refractivity contribution in [3.8, 4) is 0 Å². The van der Waals surface area contributed by atoms with Crippen LogP contribution in [-0.4, -0.2) is 501 Å². The molecule has 12 rings (SSSR count). The topological polar surface area (TPSA) is 493 Å². The van der Waals surface area contributed by atoms with E-state index in [9.17, 15) is 62.3 Å². The van der Waals surface area contributed by atoms with Crippen LogP contribution in [0.3, 0.4) is 0 Å². The highest BCUT2D eigenvalue weighted by molar-refractivity contribution is 5.85. The molecule has 0 aliphatic carbocycles. The quantitative estimate of drug-likeness (QED) is 0.0784.